The summed E-state index contributed by atoms with van der Waals surface area (Å²) in [5.74, 6) is -0.0115. The minimum absolute atomic E-state index is 0.0108. The van der Waals surface area contributed by atoms with Crippen LogP contribution < -0.4 is 24.8 Å². The van der Waals surface area contributed by atoms with Crippen molar-refractivity contribution in [3.8, 4) is 23.0 Å². The number of rotatable bonds is 13. The van der Waals surface area contributed by atoms with Crippen LogP contribution in [0.25, 0.3) is 10.9 Å². The van der Waals surface area contributed by atoms with Crippen LogP contribution in [0, 0.1) is 17.0 Å². The maximum absolute atomic E-state index is 15.3. The molecule has 250 valence electrons. The number of hydrogen-bond donors (Lipinski definition) is 2. The quantitative estimate of drug-likeness (QED) is 0.143. The summed E-state index contributed by atoms with van der Waals surface area (Å²) in [6, 6.07) is 15.6. The predicted molar refractivity (Wildman–Crippen MR) is 178 cm³/mol. The number of anilines is 1. The Kier molecular flexibility index (Phi) is 8.76. The Bertz CT molecular complexity index is 1830. The summed E-state index contributed by atoms with van der Waals surface area (Å²) in [7, 11) is 1.59. The summed E-state index contributed by atoms with van der Waals surface area (Å²) in [5.41, 5.74) is 0.00891. The van der Waals surface area contributed by atoms with Gasteiger partial charge >= 0.3 is 0 Å². The Morgan fingerprint density at radius 2 is 1.67 bits per heavy atom. The van der Waals surface area contributed by atoms with Gasteiger partial charge in [-0.15, -0.1) is 0 Å². The second kappa shape index (κ2) is 13.1. The van der Waals surface area contributed by atoms with Gasteiger partial charge in [0.1, 0.15) is 35.2 Å². The van der Waals surface area contributed by atoms with E-state index in [1.54, 1.807) is 25.4 Å². The lowest BCUT2D eigenvalue weighted by Crippen LogP contribution is -2.44. The van der Waals surface area contributed by atoms with E-state index in [9.17, 15) is 14.0 Å². The van der Waals surface area contributed by atoms with Gasteiger partial charge in [0.15, 0.2) is 17.3 Å². The van der Waals surface area contributed by atoms with E-state index in [-0.39, 0.29) is 29.1 Å². The van der Waals surface area contributed by atoms with Crippen LogP contribution in [-0.2, 0) is 16.0 Å². The Balaban J connectivity index is 1.01. The van der Waals surface area contributed by atoms with Gasteiger partial charge in [-0.2, -0.15) is 0 Å². The van der Waals surface area contributed by atoms with Crippen molar-refractivity contribution < 1.29 is 32.6 Å². The van der Waals surface area contributed by atoms with Gasteiger partial charge in [-0.1, -0.05) is 25.3 Å². The van der Waals surface area contributed by atoms with Crippen LogP contribution in [-0.4, -0.2) is 42.0 Å². The number of ketones is 1. The summed E-state index contributed by atoms with van der Waals surface area (Å²) in [4.78, 5) is 30.6. The number of aromatic nitrogens is 1. The maximum Gasteiger partial charge on any atom is 0.238 e. The number of methoxy groups -OCH3 is 1. The van der Waals surface area contributed by atoms with Crippen molar-refractivity contribution in [3.05, 3.63) is 84.1 Å². The second-order valence-corrected chi connectivity index (χ2v) is 13.4. The number of pyridine rings is 1. The van der Waals surface area contributed by atoms with Gasteiger partial charge in [-0.3, -0.25) is 14.6 Å². The first-order valence-electron chi connectivity index (χ1n) is 16.7. The number of fused-ring (bicyclic) bond motifs is 1. The first kappa shape index (κ1) is 32.0. The molecule has 0 bridgehead atoms. The molecule has 2 N–H and O–H groups in total. The van der Waals surface area contributed by atoms with Gasteiger partial charge in [-0.25, -0.2) is 8.78 Å². The normalized spacial score (nSPS) is 17.8. The monoisotopic (exact) mass is 655 g/mol. The number of carbonyl (C=O) groups excluding carboxylic acids is 2. The lowest BCUT2D eigenvalue weighted by molar-refractivity contribution is -0.132. The molecule has 3 aliphatic rings. The highest BCUT2D eigenvalue weighted by atomic mass is 19.1. The second-order valence-electron chi connectivity index (χ2n) is 13.4. The average molecular weight is 656 g/mol. The number of nitrogens with one attached hydrogen (secondary N) is 2. The number of nitrogens with zero attached hydrogens (tertiary/aromatic N) is 1. The first-order valence-corrected chi connectivity index (χ1v) is 16.7. The molecule has 0 unspecified atom stereocenters. The smallest absolute Gasteiger partial charge is 0.238 e. The molecule has 3 fully saturated rings. The van der Waals surface area contributed by atoms with Crippen molar-refractivity contribution in [1.82, 2.24) is 10.3 Å². The Morgan fingerprint density at radius 1 is 0.896 bits per heavy atom. The highest BCUT2D eigenvalue weighted by Gasteiger charge is 2.55. The number of ether oxygens (including phenoxy) is 3. The Morgan fingerprint density at radius 3 is 2.35 bits per heavy atom. The van der Waals surface area contributed by atoms with E-state index in [1.165, 1.54) is 68.5 Å². The van der Waals surface area contributed by atoms with Crippen LogP contribution in [0.3, 0.4) is 0 Å². The minimum Gasteiger partial charge on any atom is -0.493 e. The van der Waals surface area contributed by atoms with E-state index in [1.807, 2.05) is 12.1 Å². The van der Waals surface area contributed by atoms with Crippen LogP contribution in [0.4, 0.5) is 14.5 Å². The molecule has 1 amide bonds. The highest BCUT2D eigenvalue weighted by molar-refractivity contribution is 6.14. The summed E-state index contributed by atoms with van der Waals surface area (Å²) < 4.78 is 46.7. The molecule has 1 heterocycles. The van der Waals surface area contributed by atoms with E-state index >= 15 is 4.39 Å². The molecular weight excluding hydrogens is 616 g/mol. The van der Waals surface area contributed by atoms with Crippen molar-refractivity contribution >= 4 is 28.3 Å². The van der Waals surface area contributed by atoms with Gasteiger partial charge in [0.25, 0.3) is 0 Å². The minimum atomic E-state index is -1.21. The molecule has 0 aliphatic heterocycles. The summed E-state index contributed by atoms with van der Waals surface area (Å²) >= 11 is 0. The molecule has 10 heteroatoms. The standard InChI is InChI=1S/C38H39F2N3O5/c1-46-33-21-29-31(22-34(33)47-23-37(14-15-37)43-27-5-3-2-4-6-27)41-18-13-32(29)48-28-12-7-24(30(40)20-28)19-35(44)38(16-17-38)36(45)42-26-10-8-25(39)9-11-26/h7-13,18,20-22,27,43H,2-6,14-17,19,23H2,1H3,(H,42,45). The molecule has 3 aliphatic carbocycles. The van der Waals surface area contributed by atoms with Crippen LogP contribution >= 0.6 is 0 Å². The number of hydrogen-bond acceptors (Lipinski definition) is 7. The average Bonchev–Trinajstić information content (AvgIpc) is 4.03. The van der Waals surface area contributed by atoms with Crippen LogP contribution in [0.15, 0.2) is 66.9 Å². The van der Waals surface area contributed by atoms with Gasteiger partial charge in [0.05, 0.1) is 18.2 Å². The number of benzene rings is 3. The van der Waals surface area contributed by atoms with Gasteiger partial charge in [0.2, 0.25) is 5.91 Å². The molecule has 4 aromatic rings. The first-order chi connectivity index (χ1) is 23.3. The predicted octanol–water partition coefficient (Wildman–Crippen LogP) is 7.68. The molecule has 8 nitrogen and oxygen atoms in total. The van der Waals surface area contributed by atoms with Crippen LogP contribution in [0.2, 0.25) is 0 Å². The molecule has 1 aromatic heterocycles. The SMILES string of the molecule is COc1cc2c(Oc3ccc(CC(=O)C4(C(=O)Nc5ccc(F)cc5)CC4)c(F)c3)ccnc2cc1OCC1(NC2CCCCC2)CC1. The van der Waals surface area contributed by atoms with Crippen molar-refractivity contribution in [2.24, 2.45) is 5.41 Å². The van der Waals surface area contributed by atoms with E-state index in [0.29, 0.717) is 59.3 Å². The zero-order valence-corrected chi connectivity index (χ0v) is 27.0. The largest absolute Gasteiger partial charge is 0.493 e. The molecule has 3 aromatic carbocycles. The number of carbonyl (C=O) groups is 2. The summed E-state index contributed by atoms with van der Waals surface area (Å²) in [6.07, 6.45) is 10.6. The van der Waals surface area contributed by atoms with Crippen molar-refractivity contribution in [2.45, 2.75) is 75.8 Å². The fourth-order valence-corrected chi connectivity index (χ4v) is 6.61. The van der Waals surface area contributed by atoms with Crippen molar-refractivity contribution in [3.63, 3.8) is 0 Å². The van der Waals surface area contributed by atoms with Crippen molar-refractivity contribution in [2.75, 3.05) is 19.0 Å². The topological polar surface area (TPSA) is 98.8 Å². The molecule has 7 rings (SSSR count). The fraction of sp³-hybridized carbons (Fsp3) is 0.395. The zero-order valence-electron chi connectivity index (χ0n) is 27.0. The van der Waals surface area contributed by atoms with E-state index in [0.717, 1.165) is 12.8 Å². The number of halogens is 2. The van der Waals surface area contributed by atoms with E-state index < -0.39 is 23.0 Å². The third-order valence-electron chi connectivity index (χ3n) is 9.88. The molecule has 0 radical (unpaired) electrons. The van der Waals surface area contributed by atoms with E-state index in [2.05, 4.69) is 15.6 Å². The summed E-state index contributed by atoms with van der Waals surface area (Å²) in [5, 5.41) is 7.21. The van der Waals surface area contributed by atoms with Gasteiger partial charge in [-0.05, 0) is 86.6 Å². The molecule has 0 saturated heterocycles. The number of amides is 1. The summed E-state index contributed by atoms with van der Waals surface area (Å²) in [6.45, 7) is 0.551. The molecular formula is C38H39F2N3O5. The Labute approximate surface area is 278 Å². The molecule has 0 spiro atoms. The lowest BCUT2D eigenvalue weighted by Gasteiger charge is -2.28. The maximum atomic E-state index is 15.3. The molecule has 48 heavy (non-hydrogen) atoms. The molecule has 3 saturated carbocycles. The number of Topliss-reactive ketones (excluding diaryl/α,β-unsaturated/α-hetero) is 1. The van der Waals surface area contributed by atoms with Gasteiger partial charge in [0, 0.05) is 41.9 Å². The van der Waals surface area contributed by atoms with Crippen LogP contribution in [0.1, 0.15) is 63.4 Å². The van der Waals surface area contributed by atoms with Crippen LogP contribution in [0.5, 0.6) is 23.0 Å². The molecule has 0 atom stereocenters. The van der Waals surface area contributed by atoms with Gasteiger partial charge < -0.3 is 24.8 Å². The van der Waals surface area contributed by atoms with Crippen molar-refractivity contribution in [1.29, 1.82) is 0 Å². The Hall–Kier alpha value is -4.57. The fourth-order valence-electron chi connectivity index (χ4n) is 6.61. The third-order valence-corrected chi connectivity index (χ3v) is 9.88. The lowest BCUT2D eigenvalue weighted by atomic mass is 9.93. The highest BCUT2D eigenvalue weighted by Crippen LogP contribution is 2.48. The third kappa shape index (κ3) is 6.85. The zero-order chi connectivity index (χ0) is 33.3. The van der Waals surface area contributed by atoms with E-state index in [4.69, 9.17) is 14.2 Å².